The second-order valence-electron chi connectivity index (χ2n) is 8.47. The van der Waals surface area contributed by atoms with Gasteiger partial charge in [0, 0.05) is 17.3 Å². The molecule has 3 heteroatoms. The van der Waals surface area contributed by atoms with Crippen LogP contribution in [-0.4, -0.2) is 28.7 Å². The SMILES string of the molecule is C[C@@]12CC[C@@H]3[C@H](CC=C4C[C@H](O)CC[C@@]43CO)[C@H]1CCC2=O. The highest BCUT2D eigenvalue weighted by Gasteiger charge is 2.59. The van der Waals surface area contributed by atoms with E-state index >= 15 is 0 Å². The van der Waals surface area contributed by atoms with Crippen molar-refractivity contribution in [2.45, 2.75) is 64.4 Å². The summed E-state index contributed by atoms with van der Waals surface area (Å²) in [6.45, 7) is 2.41. The molecule has 0 amide bonds. The number of ketones is 1. The summed E-state index contributed by atoms with van der Waals surface area (Å²) in [5, 5.41) is 20.3. The van der Waals surface area contributed by atoms with Crippen LogP contribution in [0.4, 0.5) is 0 Å². The zero-order valence-electron chi connectivity index (χ0n) is 13.6. The van der Waals surface area contributed by atoms with Gasteiger partial charge in [0.15, 0.2) is 0 Å². The Balaban J connectivity index is 1.72. The first-order valence-electron chi connectivity index (χ1n) is 9.03. The van der Waals surface area contributed by atoms with Crippen LogP contribution in [0.3, 0.4) is 0 Å². The Hall–Kier alpha value is -0.670. The monoisotopic (exact) mass is 304 g/mol. The van der Waals surface area contributed by atoms with Crippen molar-refractivity contribution in [3.05, 3.63) is 11.6 Å². The van der Waals surface area contributed by atoms with Gasteiger partial charge in [-0.15, -0.1) is 0 Å². The first-order chi connectivity index (χ1) is 10.5. The van der Waals surface area contributed by atoms with E-state index < -0.39 is 0 Å². The molecule has 0 aromatic heterocycles. The number of rotatable bonds is 1. The van der Waals surface area contributed by atoms with Crippen LogP contribution < -0.4 is 0 Å². The van der Waals surface area contributed by atoms with Crippen LogP contribution in [0, 0.1) is 28.6 Å². The van der Waals surface area contributed by atoms with E-state index in [1.54, 1.807) is 0 Å². The van der Waals surface area contributed by atoms with E-state index in [1.165, 1.54) is 5.57 Å². The quantitative estimate of drug-likeness (QED) is 0.732. The van der Waals surface area contributed by atoms with Crippen LogP contribution >= 0.6 is 0 Å². The summed E-state index contributed by atoms with van der Waals surface area (Å²) in [4.78, 5) is 12.4. The molecule has 2 N–H and O–H groups in total. The fourth-order valence-electron chi connectivity index (χ4n) is 6.50. The third kappa shape index (κ3) is 1.78. The lowest BCUT2D eigenvalue weighted by molar-refractivity contribution is -0.133. The number of carbonyl (C=O) groups excluding carboxylic acids is 1. The van der Waals surface area contributed by atoms with Gasteiger partial charge in [-0.2, -0.15) is 0 Å². The molecule has 22 heavy (non-hydrogen) atoms. The van der Waals surface area contributed by atoms with Crippen LogP contribution in [0.15, 0.2) is 11.6 Å². The molecule has 4 aliphatic carbocycles. The third-order valence-electron chi connectivity index (χ3n) is 7.79. The molecular formula is C19H28O3. The number of fused-ring (bicyclic) bond motifs is 5. The molecule has 4 rings (SSSR count). The Morgan fingerprint density at radius 3 is 2.82 bits per heavy atom. The van der Waals surface area contributed by atoms with Crippen LogP contribution in [0.1, 0.15) is 58.3 Å². The van der Waals surface area contributed by atoms with Crippen molar-refractivity contribution in [2.24, 2.45) is 28.6 Å². The van der Waals surface area contributed by atoms with Gasteiger partial charge in [0.05, 0.1) is 12.7 Å². The average molecular weight is 304 g/mol. The number of allylic oxidation sites excluding steroid dienone is 1. The Morgan fingerprint density at radius 2 is 2.05 bits per heavy atom. The van der Waals surface area contributed by atoms with Gasteiger partial charge in [-0.05, 0) is 62.7 Å². The highest BCUT2D eigenvalue weighted by Crippen LogP contribution is 2.63. The number of Topliss-reactive ketones (excluding diaryl/α,β-unsaturated/α-hetero) is 1. The molecule has 0 radical (unpaired) electrons. The molecule has 0 heterocycles. The van der Waals surface area contributed by atoms with E-state index in [0.717, 1.165) is 51.4 Å². The first kappa shape index (κ1) is 14.9. The standard InChI is InChI=1S/C19H28O3/c1-18-8-7-16-14(15(18)4-5-17(18)22)3-2-12-10-13(21)6-9-19(12,16)11-20/h2,13-16,20-21H,3-11H2,1H3/t13-,14-,15-,16-,18-,19-/m1/s1. The smallest absolute Gasteiger partial charge is 0.139 e. The summed E-state index contributed by atoms with van der Waals surface area (Å²) >= 11 is 0. The van der Waals surface area contributed by atoms with E-state index in [9.17, 15) is 15.0 Å². The predicted octanol–water partition coefficient (Wildman–Crippen LogP) is 2.85. The maximum atomic E-state index is 12.4. The average Bonchev–Trinajstić information content (AvgIpc) is 2.82. The van der Waals surface area contributed by atoms with Crippen molar-refractivity contribution in [3.8, 4) is 0 Å². The van der Waals surface area contributed by atoms with E-state index in [0.29, 0.717) is 23.5 Å². The molecule has 3 nitrogen and oxygen atoms in total. The van der Waals surface area contributed by atoms with Crippen molar-refractivity contribution in [1.29, 1.82) is 0 Å². The van der Waals surface area contributed by atoms with Crippen LogP contribution in [-0.2, 0) is 4.79 Å². The molecule has 0 spiro atoms. The van der Waals surface area contributed by atoms with Gasteiger partial charge in [-0.1, -0.05) is 18.6 Å². The molecule has 0 aliphatic heterocycles. The normalized spacial score (nSPS) is 50.9. The lowest BCUT2D eigenvalue weighted by Crippen LogP contribution is -2.53. The van der Waals surface area contributed by atoms with Crippen LogP contribution in [0.2, 0.25) is 0 Å². The zero-order valence-corrected chi connectivity index (χ0v) is 13.6. The minimum atomic E-state index is -0.232. The predicted molar refractivity (Wildman–Crippen MR) is 84.1 cm³/mol. The lowest BCUT2D eigenvalue weighted by atomic mass is 9.47. The van der Waals surface area contributed by atoms with Gasteiger partial charge in [0.1, 0.15) is 5.78 Å². The third-order valence-corrected chi connectivity index (χ3v) is 7.79. The van der Waals surface area contributed by atoms with E-state index in [4.69, 9.17) is 0 Å². The fourth-order valence-corrected chi connectivity index (χ4v) is 6.50. The maximum Gasteiger partial charge on any atom is 0.139 e. The minimum absolute atomic E-state index is 0.0999. The Morgan fingerprint density at radius 1 is 1.23 bits per heavy atom. The zero-order chi connectivity index (χ0) is 15.5. The molecule has 0 unspecified atom stereocenters. The molecule has 4 aliphatic rings. The molecule has 0 aromatic carbocycles. The van der Waals surface area contributed by atoms with Gasteiger partial charge in [0.25, 0.3) is 0 Å². The van der Waals surface area contributed by atoms with E-state index in [2.05, 4.69) is 13.0 Å². The number of aliphatic hydroxyl groups excluding tert-OH is 2. The highest BCUT2D eigenvalue weighted by molar-refractivity contribution is 5.87. The van der Waals surface area contributed by atoms with Crippen LogP contribution in [0.5, 0.6) is 0 Å². The van der Waals surface area contributed by atoms with Crippen molar-refractivity contribution >= 4 is 5.78 Å². The Labute approximate surface area is 132 Å². The minimum Gasteiger partial charge on any atom is -0.395 e. The second-order valence-corrected chi connectivity index (χ2v) is 8.47. The second kappa shape index (κ2) is 4.91. The van der Waals surface area contributed by atoms with Crippen molar-refractivity contribution in [2.75, 3.05) is 6.61 Å². The number of aliphatic hydroxyl groups is 2. The summed E-state index contributed by atoms with van der Waals surface area (Å²) in [6, 6.07) is 0. The summed E-state index contributed by atoms with van der Waals surface area (Å²) < 4.78 is 0. The molecule has 0 aromatic rings. The van der Waals surface area contributed by atoms with Crippen molar-refractivity contribution < 1.29 is 15.0 Å². The number of hydrogen-bond donors (Lipinski definition) is 2. The van der Waals surface area contributed by atoms with E-state index in [-0.39, 0.29) is 23.5 Å². The fraction of sp³-hybridized carbons (Fsp3) is 0.842. The molecule has 0 bridgehead atoms. The molecule has 6 atom stereocenters. The topological polar surface area (TPSA) is 57.5 Å². The van der Waals surface area contributed by atoms with Crippen molar-refractivity contribution in [1.82, 2.24) is 0 Å². The Bertz CT molecular complexity index is 525. The van der Waals surface area contributed by atoms with Gasteiger partial charge < -0.3 is 10.2 Å². The van der Waals surface area contributed by atoms with Gasteiger partial charge in [-0.3, -0.25) is 4.79 Å². The first-order valence-corrected chi connectivity index (χ1v) is 9.03. The number of hydrogen-bond acceptors (Lipinski definition) is 3. The summed E-state index contributed by atoms with van der Waals surface area (Å²) in [6.07, 6.45) is 9.45. The summed E-state index contributed by atoms with van der Waals surface area (Å²) in [5.41, 5.74) is 1.11. The van der Waals surface area contributed by atoms with Crippen molar-refractivity contribution in [3.63, 3.8) is 0 Å². The Kier molecular flexibility index (Phi) is 3.32. The van der Waals surface area contributed by atoms with Gasteiger partial charge >= 0.3 is 0 Å². The molecule has 3 saturated carbocycles. The highest BCUT2D eigenvalue weighted by atomic mass is 16.3. The maximum absolute atomic E-state index is 12.4. The number of carbonyl (C=O) groups is 1. The molecule has 3 fully saturated rings. The van der Waals surface area contributed by atoms with Crippen LogP contribution in [0.25, 0.3) is 0 Å². The lowest BCUT2D eigenvalue weighted by Gasteiger charge is -2.57. The van der Waals surface area contributed by atoms with Gasteiger partial charge in [0.2, 0.25) is 0 Å². The summed E-state index contributed by atoms with van der Waals surface area (Å²) in [7, 11) is 0. The van der Waals surface area contributed by atoms with E-state index in [1.807, 2.05) is 0 Å². The summed E-state index contributed by atoms with van der Waals surface area (Å²) in [5.74, 6) is 2.04. The molecule has 0 saturated heterocycles. The van der Waals surface area contributed by atoms with Gasteiger partial charge in [-0.25, -0.2) is 0 Å². The molecule has 122 valence electrons. The largest absolute Gasteiger partial charge is 0.395 e. The molecular weight excluding hydrogens is 276 g/mol.